The molecule has 3 aromatic carbocycles. The first-order chi connectivity index (χ1) is 14.6. The first-order valence-electron chi connectivity index (χ1n) is 9.31. The number of fused-ring (bicyclic) bond motifs is 1. The molecule has 1 heterocycles. The molecule has 10 heteroatoms. The molecule has 0 amide bonds. The molecule has 0 atom stereocenters. The van der Waals surface area contributed by atoms with Crippen LogP contribution in [0, 0.1) is 11.6 Å². The smallest absolute Gasteiger partial charge is 0.261 e. The highest BCUT2D eigenvalue weighted by Gasteiger charge is 2.28. The maximum absolute atomic E-state index is 13.2. The van der Waals surface area contributed by atoms with Crippen LogP contribution in [0.25, 0.3) is 0 Å². The summed E-state index contributed by atoms with van der Waals surface area (Å²) in [5.41, 5.74) is 1.84. The van der Waals surface area contributed by atoms with Crippen LogP contribution in [0.4, 0.5) is 14.5 Å². The summed E-state index contributed by atoms with van der Waals surface area (Å²) in [7, 11) is -7.75. The minimum atomic E-state index is -3.93. The topological polar surface area (TPSA) is 83.6 Å². The molecule has 4 rings (SSSR count). The molecule has 0 saturated heterocycles. The van der Waals surface area contributed by atoms with Gasteiger partial charge in [-0.05, 0) is 78.2 Å². The van der Waals surface area contributed by atoms with Crippen molar-refractivity contribution in [3.05, 3.63) is 89.5 Å². The molecule has 162 valence electrons. The summed E-state index contributed by atoms with van der Waals surface area (Å²) in [6.45, 7) is 0.314. The van der Waals surface area contributed by atoms with Crippen LogP contribution in [0.1, 0.15) is 11.1 Å². The number of nitrogens with one attached hydrogen (secondary N) is 1. The van der Waals surface area contributed by atoms with E-state index in [-0.39, 0.29) is 28.6 Å². The van der Waals surface area contributed by atoms with Crippen LogP contribution in [0.2, 0.25) is 0 Å². The van der Waals surface area contributed by atoms with E-state index in [1.807, 2.05) is 0 Å². The van der Waals surface area contributed by atoms with Crippen molar-refractivity contribution >= 4 is 25.7 Å². The van der Waals surface area contributed by atoms with Gasteiger partial charge in [-0.1, -0.05) is 6.07 Å². The first-order valence-corrected chi connectivity index (χ1v) is 12.2. The molecule has 0 aliphatic carbocycles. The van der Waals surface area contributed by atoms with Gasteiger partial charge in [-0.3, -0.25) is 4.72 Å². The Bertz CT molecular complexity index is 1320. The number of benzene rings is 3. The third-order valence-corrected chi connectivity index (χ3v) is 8.27. The maximum atomic E-state index is 13.2. The lowest BCUT2D eigenvalue weighted by Crippen LogP contribution is -2.36. The Morgan fingerprint density at radius 1 is 0.742 bits per heavy atom. The van der Waals surface area contributed by atoms with E-state index in [0.29, 0.717) is 12.0 Å². The van der Waals surface area contributed by atoms with Crippen molar-refractivity contribution in [3.63, 3.8) is 0 Å². The van der Waals surface area contributed by atoms with Gasteiger partial charge in [-0.2, -0.15) is 4.31 Å². The summed E-state index contributed by atoms with van der Waals surface area (Å²) in [6.07, 6.45) is 0.459. The van der Waals surface area contributed by atoms with E-state index >= 15 is 0 Å². The van der Waals surface area contributed by atoms with Crippen molar-refractivity contribution in [1.29, 1.82) is 0 Å². The number of hydrogen-bond donors (Lipinski definition) is 1. The van der Waals surface area contributed by atoms with E-state index in [2.05, 4.69) is 4.72 Å². The van der Waals surface area contributed by atoms with Crippen molar-refractivity contribution in [3.8, 4) is 0 Å². The van der Waals surface area contributed by atoms with Gasteiger partial charge in [-0.25, -0.2) is 25.6 Å². The van der Waals surface area contributed by atoms with E-state index in [0.717, 1.165) is 42.0 Å². The second kappa shape index (κ2) is 8.03. The highest BCUT2D eigenvalue weighted by Crippen LogP contribution is 2.28. The van der Waals surface area contributed by atoms with Gasteiger partial charge in [0.15, 0.2) is 0 Å². The summed E-state index contributed by atoms with van der Waals surface area (Å²) in [6, 6.07) is 14.0. The van der Waals surface area contributed by atoms with E-state index < -0.39 is 31.7 Å². The number of rotatable bonds is 5. The molecule has 31 heavy (non-hydrogen) atoms. The Labute approximate surface area is 179 Å². The molecule has 0 saturated carbocycles. The quantitative estimate of drug-likeness (QED) is 0.626. The van der Waals surface area contributed by atoms with Crippen LogP contribution in [0.15, 0.2) is 76.5 Å². The zero-order chi connectivity index (χ0) is 22.2. The van der Waals surface area contributed by atoms with Crippen LogP contribution >= 0.6 is 0 Å². The molecule has 1 aliphatic rings. The molecule has 0 radical (unpaired) electrons. The first kappa shape index (κ1) is 21.4. The lowest BCUT2D eigenvalue weighted by Gasteiger charge is -2.28. The van der Waals surface area contributed by atoms with Crippen LogP contribution in [-0.2, 0) is 33.0 Å². The van der Waals surface area contributed by atoms with Gasteiger partial charge in [0.2, 0.25) is 10.0 Å². The van der Waals surface area contributed by atoms with Crippen molar-refractivity contribution < 1.29 is 25.6 Å². The van der Waals surface area contributed by atoms with Gasteiger partial charge in [0.1, 0.15) is 11.6 Å². The minimum absolute atomic E-state index is 0.00878. The third kappa shape index (κ3) is 4.46. The van der Waals surface area contributed by atoms with E-state index in [1.54, 1.807) is 18.2 Å². The highest BCUT2D eigenvalue weighted by atomic mass is 32.2. The molecular weight excluding hydrogens is 446 g/mol. The van der Waals surface area contributed by atoms with Crippen LogP contribution in [0.3, 0.4) is 0 Å². The highest BCUT2D eigenvalue weighted by molar-refractivity contribution is 7.92. The second-order valence-corrected chi connectivity index (χ2v) is 10.7. The Morgan fingerprint density at radius 2 is 1.32 bits per heavy atom. The maximum Gasteiger partial charge on any atom is 0.261 e. The summed E-state index contributed by atoms with van der Waals surface area (Å²) >= 11 is 0. The number of hydrogen-bond acceptors (Lipinski definition) is 4. The lowest BCUT2D eigenvalue weighted by molar-refractivity contribution is 0.391. The average molecular weight is 465 g/mol. The largest absolute Gasteiger partial charge is 0.280 e. The molecule has 1 N–H and O–H groups in total. The Kier molecular flexibility index (Phi) is 5.54. The minimum Gasteiger partial charge on any atom is -0.280 e. The fourth-order valence-electron chi connectivity index (χ4n) is 3.38. The Balaban J connectivity index is 1.58. The number of sulfonamides is 2. The monoisotopic (exact) mass is 464 g/mol. The molecule has 0 unspecified atom stereocenters. The number of halogens is 2. The Morgan fingerprint density at radius 3 is 1.94 bits per heavy atom. The summed E-state index contributed by atoms with van der Waals surface area (Å²) in [5, 5.41) is 0. The molecular formula is C21H18F2N2O4S2. The molecule has 1 aliphatic heterocycles. The molecule has 0 fully saturated rings. The molecule has 6 nitrogen and oxygen atoms in total. The normalized spacial score (nSPS) is 14.8. The Hall–Kier alpha value is -2.82. The van der Waals surface area contributed by atoms with E-state index in [1.165, 1.54) is 16.4 Å². The fraction of sp³-hybridized carbons (Fsp3) is 0.143. The van der Waals surface area contributed by atoms with Crippen molar-refractivity contribution in [2.75, 3.05) is 11.3 Å². The predicted octanol–water partition coefficient (Wildman–Crippen LogP) is 3.51. The standard InChI is InChI=1S/C21H18F2N2O4S2/c22-17-2-7-20(8-3-17)30(26,27)24-19-6-1-15-11-12-25(14-16(15)13-19)31(28,29)21-9-4-18(23)5-10-21/h1-10,13,24H,11-12,14H2. The van der Waals surface area contributed by atoms with Crippen LogP contribution in [-0.4, -0.2) is 27.7 Å². The fourth-order valence-corrected chi connectivity index (χ4v) is 5.85. The van der Waals surface area contributed by atoms with Crippen molar-refractivity contribution in [2.45, 2.75) is 22.8 Å². The van der Waals surface area contributed by atoms with Gasteiger partial charge in [-0.15, -0.1) is 0 Å². The van der Waals surface area contributed by atoms with Crippen LogP contribution < -0.4 is 4.72 Å². The molecule has 0 spiro atoms. The zero-order valence-electron chi connectivity index (χ0n) is 16.1. The SMILES string of the molecule is O=S(=O)(Nc1ccc2c(c1)CN(S(=O)(=O)c1ccc(F)cc1)CC2)c1ccc(F)cc1. The van der Waals surface area contributed by atoms with Crippen LogP contribution in [0.5, 0.6) is 0 Å². The lowest BCUT2D eigenvalue weighted by atomic mass is 10.0. The average Bonchev–Trinajstić information content (AvgIpc) is 2.73. The van der Waals surface area contributed by atoms with Crippen molar-refractivity contribution in [2.24, 2.45) is 0 Å². The molecule has 3 aromatic rings. The van der Waals surface area contributed by atoms with Gasteiger partial charge in [0, 0.05) is 18.8 Å². The van der Waals surface area contributed by atoms with Gasteiger partial charge < -0.3 is 0 Å². The third-order valence-electron chi connectivity index (χ3n) is 5.01. The molecule has 0 bridgehead atoms. The van der Waals surface area contributed by atoms with Gasteiger partial charge in [0.25, 0.3) is 10.0 Å². The van der Waals surface area contributed by atoms with Gasteiger partial charge in [0.05, 0.1) is 9.79 Å². The predicted molar refractivity (Wildman–Crippen MR) is 111 cm³/mol. The summed E-state index contributed by atoms with van der Waals surface area (Å²) in [5.74, 6) is -1.07. The summed E-state index contributed by atoms with van der Waals surface area (Å²) < 4.78 is 80.8. The number of nitrogens with zero attached hydrogens (tertiary/aromatic N) is 1. The van der Waals surface area contributed by atoms with E-state index in [4.69, 9.17) is 0 Å². The summed E-state index contributed by atoms with van der Waals surface area (Å²) in [4.78, 5) is -0.0994. The van der Waals surface area contributed by atoms with E-state index in [9.17, 15) is 25.6 Å². The zero-order valence-corrected chi connectivity index (χ0v) is 17.8. The van der Waals surface area contributed by atoms with Crippen molar-refractivity contribution in [1.82, 2.24) is 4.31 Å². The number of anilines is 1. The molecule has 0 aromatic heterocycles. The second-order valence-electron chi connectivity index (χ2n) is 7.09. The van der Waals surface area contributed by atoms with Gasteiger partial charge >= 0.3 is 0 Å².